The van der Waals surface area contributed by atoms with Crippen molar-refractivity contribution in [3.63, 3.8) is 0 Å². The number of hydrogen-bond acceptors (Lipinski definition) is 9. The number of phenolic OH excluding ortho intramolecular Hbond substituents is 1. The van der Waals surface area contributed by atoms with Crippen LogP contribution in [0.1, 0.15) is 0 Å². The molecule has 33 heavy (non-hydrogen) atoms. The Kier molecular flexibility index (Phi) is 6.69. The van der Waals surface area contributed by atoms with Gasteiger partial charge in [-0.15, -0.1) is 0 Å². The molecular weight excluding hydrogens is 436 g/mol. The van der Waals surface area contributed by atoms with E-state index >= 15 is 0 Å². The van der Waals surface area contributed by atoms with Crippen LogP contribution in [0.15, 0.2) is 78.9 Å². The monoisotopic (exact) mass is 450 g/mol. The summed E-state index contributed by atoms with van der Waals surface area (Å²) >= 11 is 0. The quantitative estimate of drug-likeness (QED) is 0.319. The molecule has 0 saturated heterocycles. The fraction of sp³-hybridized carbons (Fsp3) is 0. The Morgan fingerprint density at radius 2 is 1.30 bits per heavy atom. The predicted molar refractivity (Wildman–Crippen MR) is 116 cm³/mol. The molecule has 3 aromatic carbocycles. The Morgan fingerprint density at radius 3 is 1.88 bits per heavy atom. The summed E-state index contributed by atoms with van der Waals surface area (Å²) in [7, 11) is 0. The fourth-order valence-corrected chi connectivity index (χ4v) is 2.69. The van der Waals surface area contributed by atoms with Gasteiger partial charge in [0.05, 0.1) is 32.4 Å². The molecule has 0 radical (unpaired) electrons. The van der Waals surface area contributed by atoms with Crippen LogP contribution in [0.25, 0.3) is 10.9 Å². The normalized spacial score (nSPS) is 10.1. The van der Waals surface area contributed by atoms with Gasteiger partial charge in [0.15, 0.2) is 0 Å². The largest absolute Gasteiger partial charge is 0.497 e. The zero-order valence-electron chi connectivity index (χ0n) is 16.6. The number of aromatic hydroxyl groups is 1. The van der Waals surface area contributed by atoms with E-state index in [1.165, 1.54) is 0 Å². The Morgan fingerprint density at radius 1 is 0.727 bits per heavy atom. The van der Waals surface area contributed by atoms with Gasteiger partial charge in [0, 0.05) is 11.5 Å². The van der Waals surface area contributed by atoms with Gasteiger partial charge in [0.25, 0.3) is 11.4 Å². The first-order valence-electron chi connectivity index (χ1n) is 9.15. The summed E-state index contributed by atoms with van der Waals surface area (Å²) < 4.78 is 5.68. The van der Waals surface area contributed by atoms with E-state index in [-0.39, 0.29) is 0 Å². The fourth-order valence-electron chi connectivity index (χ4n) is 2.69. The summed E-state index contributed by atoms with van der Waals surface area (Å²) in [5.41, 5.74) is -2.06. The maximum Gasteiger partial charge on any atom is 0.324 e. The van der Waals surface area contributed by atoms with Crippen molar-refractivity contribution in [2.24, 2.45) is 0 Å². The third kappa shape index (κ3) is 5.52. The highest BCUT2D eigenvalue weighted by atomic mass is 16.6. The smallest absolute Gasteiger partial charge is 0.324 e. The van der Waals surface area contributed by atoms with Crippen molar-refractivity contribution >= 4 is 28.0 Å². The maximum atomic E-state index is 10.4. The number of fused-ring (bicyclic) bond motifs is 1. The van der Waals surface area contributed by atoms with Crippen LogP contribution in [0.3, 0.4) is 0 Å². The van der Waals surface area contributed by atoms with Crippen LogP contribution >= 0.6 is 0 Å². The van der Waals surface area contributed by atoms with Gasteiger partial charge in [-0.25, -0.2) is 4.98 Å². The van der Waals surface area contributed by atoms with Crippen molar-refractivity contribution < 1.29 is 24.6 Å². The molecule has 0 fully saturated rings. The summed E-state index contributed by atoms with van der Waals surface area (Å²) in [6, 6.07) is 22.5. The van der Waals surface area contributed by atoms with Crippen molar-refractivity contribution in [1.82, 2.24) is 4.98 Å². The van der Waals surface area contributed by atoms with Gasteiger partial charge < -0.3 is 9.84 Å². The molecule has 0 unspecified atom stereocenters. The Bertz CT molecular complexity index is 1310. The van der Waals surface area contributed by atoms with E-state index in [2.05, 4.69) is 4.98 Å². The SMILES string of the molecule is O=[N+]([O-])c1cc([N+](=O)[O-])c(O)c([N+](=O)[O-])c1.c1ccc(Oc2ccc3ccccc3n2)cc1. The Hall–Kier alpha value is -5.13. The van der Waals surface area contributed by atoms with Gasteiger partial charge in [-0.2, -0.15) is 0 Å². The molecule has 4 rings (SSSR count). The van der Waals surface area contributed by atoms with Crippen LogP contribution < -0.4 is 4.74 Å². The summed E-state index contributed by atoms with van der Waals surface area (Å²) in [6.07, 6.45) is 0. The molecule has 4 aromatic rings. The molecular formula is C21H14N4O8. The number of nitro groups is 3. The molecule has 0 aliphatic heterocycles. The van der Waals surface area contributed by atoms with Crippen LogP contribution in [0.4, 0.5) is 17.1 Å². The third-order valence-electron chi connectivity index (χ3n) is 4.20. The van der Waals surface area contributed by atoms with E-state index in [4.69, 9.17) is 9.84 Å². The van der Waals surface area contributed by atoms with Gasteiger partial charge in [-0.3, -0.25) is 30.3 Å². The number of pyridine rings is 1. The van der Waals surface area contributed by atoms with Crippen LogP contribution in [-0.4, -0.2) is 24.9 Å². The molecule has 0 bridgehead atoms. The zero-order valence-corrected chi connectivity index (χ0v) is 16.6. The average molecular weight is 450 g/mol. The van der Waals surface area contributed by atoms with Crippen LogP contribution in [0, 0.1) is 30.3 Å². The number of phenols is 1. The topological polar surface area (TPSA) is 172 Å². The van der Waals surface area contributed by atoms with Crippen LogP contribution in [-0.2, 0) is 0 Å². The number of nitro benzene ring substituents is 3. The highest BCUT2D eigenvalue weighted by molar-refractivity contribution is 5.78. The van der Waals surface area contributed by atoms with Crippen molar-refractivity contribution in [3.05, 3.63) is 109 Å². The maximum absolute atomic E-state index is 10.4. The molecule has 0 amide bonds. The highest BCUT2D eigenvalue weighted by Gasteiger charge is 2.30. The minimum absolute atomic E-state index is 0.447. The van der Waals surface area contributed by atoms with Gasteiger partial charge in [-0.05, 0) is 24.3 Å². The summed E-state index contributed by atoms with van der Waals surface area (Å²) in [5, 5.41) is 41.3. The molecule has 0 saturated carbocycles. The van der Waals surface area contributed by atoms with Crippen molar-refractivity contribution in [2.75, 3.05) is 0 Å². The van der Waals surface area contributed by atoms with E-state index in [0.717, 1.165) is 16.7 Å². The molecule has 0 spiro atoms. The lowest BCUT2D eigenvalue weighted by molar-refractivity contribution is -0.404. The molecule has 1 heterocycles. The zero-order chi connectivity index (χ0) is 24.0. The highest BCUT2D eigenvalue weighted by Crippen LogP contribution is 2.38. The molecule has 12 heteroatoms. The number of non-ortho nitro benzene ring substituents is 1. The number of aromatic nitrogens is 1. The molecule has 0 aliphatic rings. The molecule has 12 nitrogen and oxygen atoms in total. The van der Waals surface area contributed by atoms with Crippen molar-refractivity contribution in [2.45, 2.75) is 0 Å². The second-order valence-electron chi connectivity index (χ2n) is 6.36. The van der Waals surface area contributed by atoms with E-state index in [1.54, 1.807) is 0 Å². The van der Waals surface area contributed by atoms with Gasteiger partial charge in [0.2, 0.25) is 5.88 Å². The van der Waals surface area contributed by atoms with Crippen molar-refractivity contribution in [3.8, 4) is 17.4 Å². The Labute approximate surface area is 184 Å². The number of ether oxygens (including phenoxy) is 1. The second-order valence-corrected chi connectivity index (χ2v) is 6.36. The summed E-state index contributed by atoms with van der Waals surface area (Å²) in [4.78, 5) is 32.2. The van der Waals surface area contributed by atoms with Crippen LogP contribution in [0.5, 0.6) is 17.4 Å². The lowest BCUT2D eigenvalue weighted by Crippen LogP contribution is -1.97. The van der Waals surface area contributed by atoms with Crippen LogP contribution in [0.2, 0.25) is 0 Å². The lowest BCUT2D eigenvalue weighted by Gasteiger charge is -2.05. The number of benzene rings is 3. The van der Waals surface area contributed by atoms with E-state index in [1.807, 2.05) is 66.7 Å². The third-order valence-corrected chi connectivity index (χ3v) is 4.20. The Balaban J connectivity index is 0.000000186. The van der Waals surface area contributed by atoms with E-state index < -0.39 is 37.6 Å². The van der Waals surface area contributed by atoms with Gasteiger partial charge in [0.1, 0.15) is 5.75 Å². The standard InChI is InChI=1S/C15H11NO.C6H3N3O7/c1-2-7-13(8-3-1)17-15-11-10-12-6-4-5-9-14(12)16-15;10-6-4(8(13)14)1-3(7(11)12)2-5(6)9(15)16/h1-11H;1-2,10H. The first kappa shape index (κ1) is 22.6. The number of hydrogen-bond donors (Lipinski definition) is 1. The first-order valence-corrected chi connectivity index (χ1v) is 9.15. The molecule has 1 N–H and O–H groups in total. The number of para-hydroxylation sites is 2. The molecule has 166 valence electrons. The minimum Gasteiger partial charge on any atom is -0.497 e. The van der Waals surface area contributed by atoms with E-state index in [9.17, 15) is 30.3 Å². The second kappa shape index (κ2) is 9.78. The molecule has 0 aliphatic carbocycles. The van der Waals surface area contributed by atoms with Gasteiger partial charge in [-0.1, -0.05) is 36.4 Å². The lowest BCUT2D eigenvalue weighted by atomic mass is 10.2. The average Bonchev–Trinajstić information content (AvgIpc) is 2.79. The van der Waals surface area contributed by atoms with Gasteiger partial charge >= 0.3 is 11.4 Å². The summed E-state index contributed by atoms with van der Waals surface area (Å²) in [5.74, 6) is 0.214. The number of nitrogens with zero attached hydrogens (tertiary/aromatic N) is 4. The number of rotatable bonds is 5. The molecule has 1 aromatic heterocycles. The van der Waals surface area contributed by atoms with E-state index in [0.29, 0.717) is 18.0 Å². The summed E-state index contributed by atoms with van der Waals surface area (Å²) in [6.45, 7) is 0. The molecule has 0 atom stereocenters. The predicted octanol–water partition coefficient (Wildman–Crippen LogP) is 5.14. The minimum atomic E-state index is -1.21. The first-order chi connectivity index (χ1) is 15.8. The van der Waals surface area contributed by atoms with Crippen molar-refractivity contribution in [1.29, 1.82) is 0 Å².